The summed E-state index contributed by atoms with van der Waals surface area (Å²) in [6.07, 6.45) is 2.24. The summed E-state index contributed by atoms with van der Waals surface area (Å²) in [7, 11) is 0. The van der Waals surface area contributed by atoms with Gasteiger partial charge in [0.2, 0.25) is 5.91 Å². The Balaban J connectivity index is 2.14. The van der Waals surface area contributed by atoms with Crippen molar-refractivity contribution in [1.29, 1.82) is 0 Å². The third-order valence-corrected chi connectivity index (χ3v) is 4.08. The molecule has 2 aromatic rings. The molecule has 21 heavy (non-hydrogen) atoms. The molecule has 0 unspecified atom stereocenters. The van der Waals surface area contributed by atoms with Crippen LogP contribution in [0.3, 0.4) is 0 Å². The molecule has 5 heteroatoms. The second-order valence-electron chi connectivity index (χ2n) is 6.36. The van der Waals surface area contributed by atoms with Gasteiger partial charge in [-0.1, -0.05) is 29.8 Å². The average molecular weight is 304 g/mol. The molecule has 1 aromatic heterocycles. The Kier molecular flexibility index (Phi) is 3.29. The molecular formula is C16H18ClN3O. The first-order valence-electron chi connectivity index (χ1n) is 7.00. The summed E-state index contributed by atoms with van der Waals surface area (Å²) in [6, 6.07) is 7.68. The third-order valence-electron chi connectivity index (χ3n) is 3.74. The number of benzene rings is 1. The van der Waals surface area contributed by atoms with Crippen LogP contribution in [0, 0.1) is 0 Å². The van der Waals surface area contributed by atoms with Crippen LogP contribution in [0.2, 0.25) is 5.02 Å². The van der Waals surface area contributed by atoms with E-state index in [1.807, 2.05) is 35.1 Å². The van der Waals surface area contributed by atoms with Crippen molar-refractivity contribution in [2.24, 2.45) is 0 Å². The van der Waals surface area contributed by atoms with Crippen LogP contribution in [-0.2, 0) is 10.3 Å². The second-order valence-corrected chi connectivity index (χ2v) is 6.76. The molecule has 0 aliphatic carbocycles. The van der Waals surface area contributed by atoms with Gasteiger partial charge in [0.1, 0.15) is 5.82 Å². The van der Waals surface area contributed by atoms with Crippen molar-refractivity contribution in [3.05, 3.63) is 46.6 Å². The van der Waals surface area contributed by atoms with Crippen LogP contribution in [0.25, 0.3) is 0 Å². The number of rotatable bonds is 1. The van der Waals surface area contributed by atoms with Gasteiger partial charge >= 0.3 is 0 Å². The van der Waals surface area contributed by atoms with Crippen molar-refractivity contribution >= 4 is 23.3 Å². The smallest absolute Gasteiger partial charge is 0.226 e. The van der Waals surface area contributed by atoms with E-state index < -0.39 is 0 Å². The van der Waals surface area contributed by atoms with Gasteiger partial charge in [0.15, 0.2) is 0 Å². The lowest BCUT2D eigenvalue weighted by atomic mass is 9.87. The quantitative estimate of drug-likeness (QED) is 0.872. The summed E-state index contributed by atoms with van der Waals surface area (Å²) >= 11 is 6.31. The maximum absolute atomic E-state index is 12.1. The number of nitrogens with one attached hydrogen (secondary N) is 1. The van der Waals surface area contributed by atoms with Crippen LogP contribution in [0.15, 0.2) is 30.5 Å². The summed E-state index contributed by atoms with van der Waals surface area (Å²) in [5.41, 5.74) is 1.81. The van der Waals surface area contributed by atoms with Crippen molar-refractivity contribution in [2.75, 3.05) is 5.32 Å². The van der Waals surface area contributed by atoms with Crippen LogP contribution in [0.4, 0.5) is 5.82 Å². The molecule has 1 aliphatic heterocycles. The van der Waals surface area contributed by atoms with Gasteiger partial charge in [-0.3, -0.25) is 4.79 Å². The number of carbonyl (C=O) groups excluding carboxylic acids is 1. The number of aromatic nitrogens is 2. The number of halogens is 1. The minimum atomic E-state index is -0.191. The monoisotopic (exact) mass is 303 g/mol. The fraction of sp³-hybridized carbons (Fsp3) is 0.375. The Morgan fingerprint density at radius 1 is 1.29 bits per heavy atom. The van der Waals surface area contributed by atoms with Gasteiger partial charge in [-0.05, 0) is 32.4 Å². The minimum Gasteiger partial charge on any atom is -0.311 e. The molecule has 1 aliphatic rings. The summed E-state index contributed by atoms with van der Waals surface area (Å²) in [4.78, 5) is 12.1. The number of fused-ring (bicyclic) bond motifs is 1. The van der Waals surface area contributed by atoms with Gasteiger partial charge in [0.05, 0.1) is 11.7 Å². The van der Waals surface area contributed by atoms with Gasteiger partial charge < -0.3 is 5.32 Å². The van der Waals surface area contributed by atoms with Crippen LogP contribution in [0.5, 0.6) is 0 Å². The molecule has 1 amide bonds. The highest BCUT2D eigenvalue weighted by atomic mass is 35.5. The Morgan fingerprint density at radius 3 is 2.67 bits per heavy atom. The van der Waals surface area contributed by atoms with E-state index in [1.165, 1.54) is 0 Å². The van der Waals surface area contributed by atoms with E-state index in [-0.39, 0.29) is 17.4 Å². The maximum Gasteiger partial charge on any atom is 0.226 e. The highest BCUT2D eigenvalue weighted by Gasteiger charge is 2.33. The van der Waals surface area contributed by atoms with Gasteiger partial charge in [0.25, 0.3) is 0 Å². The van der Waals surface area contributed by atoms with Crippen LogP contribution in [0.1, 0.15) is 44.2 Å². The third kappa shape index (κ3) is 2.44. The van der Waals surface area contributed by atoms with Crippen molar-refractivity contribution in [3.8, 4) is 0 Å². The van der Waals surface area contributed by atoms with Gasteiger partial charge in [-0.15, -0.1) is 0 Å². The molecule has 0 saturated carbocycles. The van der Waals surface area contributed by atoms with Gasteiger partial charge in [0, 0.05) is 22.9 Å². The van der Waals surface area contributed by atoms with E-state index in [0.717, 1.165) is 16.9 Å². The molecule has 0 fully saturated rings. The predicted octanol–water partition coefficient (Wildman–Crippen LogP) is 3.77. The number of hydrogen-bond acceptors (Lipinski definition) is 2. The molecule has 0 radical (unpaired) electrons. The molecule has 3 rings (SSSR count). The lowest BCUT2D eigenvalue weighted by Gasteiger charge is -2.28. The Hall–Kier alpha value is -1.81. The minimum absolute atomic E-state index is 0.00146. The average Bonchev–Trinajstić information content (AvgIpc) is 2.82. The molecule has 110 valence electrons. The number of carbonyl (C=O) groups is 1. The molecule has 4 nitrogen and oxygen atoms in total. The Bertz CT molecular complexity index is 700. The van der Waals surface area contributed by atoms with Crippen molar-refractivity contribution in [3.63, 3.8) is 0 Å². The van der Waals surface area contributed by atoms with E-state index in [1.54, 1.807) is 0 Å². The fourth-order valence-corrected chi connectivity index (χ4v) is 3.03. The standard InChI is InChI=1S/C16H18ClN3O/c1-16(2,3)20-15-12(9-18-20)11(8-14(21)19-15)10-6-4-5-7-13(10)17/h4-7,9,11H,8H2,1-3H3,(H,19,21)/t11-/m1/s1. The molecular weight excluding hydrogens is 286 g/mol. The van der Waals surface area contributed by atoms with Gasteiger partial charge in [-0.2, -0.15) is 5.10 Å². The number of anilines is 1. The van der Waals surface area contributed by atoms with Crippen LogP contribution in [-0.4, -0.2) is 15.7 Å². The summed E-state index contributed by atoms with van der Waals surface area (Å²) < 4.78 is 1.86. The zero-order valence-electron chi connectivity index (χ0n) is 12.4. The molecule has 0 saturated heterocycles. The van der Waals surface area contributed by atoms with Crippen molar-refractivity contribution in [2.45, 2.75) is 38.6 Å². The highest BCUT2D eigenvalue weighted by Crippen LogP contribution is 2.40. The molecule has 1 N–H and O–H groups in total. The fourth-order valence-electron chi connectivity index (χ4n) is 2.76. The second kappa shape index (κ2) is 4.88. The van der Waals surface area contributed by atoms with E-state index in [2.05, 4.69) is 31.2 Å². The molecule has 0 spiro atoms. The number of amides is 1. The normalized spacial score (nSPS) is 18.3. The Morgan fingerprint density at radius 2 is 2.00 bits per heavy atom. The first-order chi connectivity index (χ1) is 9.88. The topological polar surface area (TPSA) is 46.9 Å². The lowest BCUT2D eigenvalue weighted by molar-refractivity contribution is -0.116. The predicted molar refractivity (Wildman–Crippen MR) is 83.8 cm³/mol. The first kappa shape index (κ1) is 14.1. The zero-order chi connectivity index (χ0) is 15.2. The molecule has 2 heterocycles. The van der Waals surface area contributed by atoms with Crippen LogP contribution >= 0.6 is 11.6 Å². The van der Waals surface area contributed by atoms with E-state index in [9.17, 15) is 4.79 Å². The molecule has 0 bridgehead atoms. The summed E-state index contributed by atoms with van der Waals surface area (Å²) in [6.45, 7) is 6.18. The van der Waals surface area contributed by atoms with Crippen molar-refractivity contribution < 1.29 is 4.79 Å². The van der Waals surface area contributed by atoms with E-state index in [0.29, 0.717) is 11.4 Å². The zero-order valence-corrected chi connectivity index (χ0v) is 13.1. The lowest BCUT2D eigenvalue weighted by Crippen LogP contribution is -2.30. The number of nitrogens with zero attached hydrogens (tertiary/aromatic N) is 2. The first-order valence-corrected chi connectivity index (χ1v) is 7.38. The SMILES string of the molecule is CC(C)(C)n1ncc2c1NC(=O)C[C@@H]2c1ccccc1Cl. The molecule has 1 aromatic carbocycles. The largest absolute Gasteiger partial charge is 0.311 e. The van der Waals surface area contributed by atoms with E-state index in [4.69, 9.17) is 11.6 Å². The summed E-state index contributed by atoms with van der Waals surface area (Å²) in [5, 5.41) is 8.11. The van der Waals surface area contributed by atoms with Gasteiger partial charge in [-0.25, -0.2) is 4.68 Å². The van der Waals surface area contributed by atoms with Crippen LogP contribution < -0.4 is 5.32 Å². The highest BCUT2D eigenvalue weighted by molar-refractivity contribution is 6.31. The maximum atomic E-state index is 12.1. The summed E-state index contributed by atoms with van der Waals surface area (Å²) in [5.74, 6) is 0.737. The van der Waals surface area contributed by atoms with Crippen molar-refractivity contribution in [1.82, 2.24) is 9.78 Å². The molecule has 1 atom stereocenters. The van der Waals surface area contributed by atoms with E-state index >= 15 is 0 Å². The number of hydrogen-bond donors (Lipinski definition) is 1. The Labute approximate surface area is 129 Å².